The van der Waals surface area contributed by atoms with Crippen LogP contribution in [0.3, 0.4) is 0 Å². The highest BCUT2D eigenvalue weighted by Crippen LogP contribution is 2.32. The predicted molar refractivity (Wildman–Crippen MR) is 77.2 cm³/mol. The summed E-state index contributed by atoms with van der Waals surface area (Å²) in [4.78, 5) is 0. The van der Waals surface area contributed by atoms with Crippen LogP contribution in [0.5, 0.6) is 0 Å². The number of aryl methyl sites for hydroxylation is 1. The zero-order chi connectivity index (χ0) is 13.5. The van der Waals surface area contributed by atoms with Gasteiger partial charge in [0.25, 0.3) is 0 Å². The highest BCUT2D eigenvalue weighted by atomic mass is 16.5. The van der Waals surface area contributed by atoms with E-state index >= 15 is 0 Å². The van der Waals surface area contributed by atoms with Gasteiger partial charge in [-0.05, 0) is 43.7 Å². The van der Waals surface area contributed by atoms with Crippen molar-refractivity contribution in [1.29, 1.82) is 0 Å². The molecule has 2 atom stereocenters. The average molecular weight is 263 g/mol. The first-order valence-electron chi connectivity index (χ1n) is 7.36. The van der Waals surface area contributed by atoms with Crippen molar-refractivity contribution in [3.05, 3.63) is 35.4 Å². The molecule has 1 aromatic carbocycles. The molecule has 2 N–H and O–H groups in total. The lowest BCUT2D eigenvalue weighted by Crippen LogP contribution is -2.26. The molecular formula is C16H25NO2. The Labute approximate surface area is 116 Å². The van der Waals surface area contributed by atoms with Crippen molar-refractivity contribution in [1.82, 2.24) is 0 Å². The van der Waals surface area contributed by atoms with Gasteiger partial charge in [0.2, 0.25) is 0 Å². The van der Waals surface area contributed by atoms with E-state index in [2.05, 4.69) is 24.3 Å². The van der Waals surface area contributed by atoms with Gasteiger partial charge in [0.15, 0.2) is 0 Å². The fourth-order valence-electron chi connectivity index (χ4n) is 2.73. The Morgan fingerprint density at radius 2 is 2.21 bits per heavy atom. The number of hydrogen-bond donors (Lipinski definition) is 1. The van der Waals surface area contributed by atoms with Crippen molar-refractivity contribution in [2.75, 3.05) is 19.8 Å². The SMILES string of the molecule is CCOC(CN)CCOC1CCCc2ccccc21. The van der Waals surface area contributed by atoms with Crippen molar-refractivity contribution in [2.24, 2.45) is 5.73 Å². The van der Waals surface area contributed by atoms with E-state index in [4.69, 9.17) is 15.2 Å². The second-order valence-corrected chi connectivity index (χ2v) is 5.05. The minimum Gasteiger partial charge on any atom is -0.377 e. The Hall–Kier alpha value is -0.900. The van der Waals surface area contributed by atoms with Crippen molar-refractivity contribution in [3.8, 4) is 0 Å². The van der Waals surface area contributed by atoms with Crippen LogP contribution in [-0.2, 0) is 15.9 Å². The summed E-state index contributed by atoms with van der Waals surface area (Å²) >= 11 is 0. The minimum absolute atomic E-state index is 0.129. The molecule has 106 valence electrons. The minimum atomic E-state index is 0.129. The summed E-state index contributed by atoms with van der Waals surface area (Å²) in [6.07, 6.45) is 4.78. The monoisotopic (exact) mass is 263 g/mol. The van der Waals surface area contributed by atoms with Crippen LogP contribution in [0.1, 0.15) is 43.4 Å². The van der Waals surface area contributed by atoms with Gasteiger partial charge in [-0.15, -0.1) is 0 Å². The molecule has 0 fully saturated rings. The van der Waals surface area contributed by atoms with Crippen LogP contribution in [0.2, 0.25) is 0 Å². The molecule has 1 aromatic rings. The Kier molecular flexibility index (Phi) is 5.83. The van der Waals surface area contributed by atoms with Gasteiger partial charge in [-0.1, -0.05) is 24.3 Å². The molecule has 0 saturated carbocycles. The number of benzene rings is 1. The van der Waals surface area contributed by atoms with Crippen molar-refractivity contribution in [2.45, 2.75) is 44.8 Å². The topological polar surface area (TPSA) is 44.5 Å². The van der Waals surface area contributed by atoms with Crippen LogP contribution < -0.4 is 5.73 Å². The van der Waals surface area contributed by atoms with Crippen LogP contribution >= 0.6 is 0 Å². The maximum absolute atomic E-state index is 6.05. The van der Waals surface area contributed by atoms with Gasteiger partial charge in [0.05, 0.1) is 12.2 Å². The van der Waals surface area contributed by atoms with Crippen LogP contribution in [-0.4, -0.2) is 25.9 Å². The molecule has 1 aliphatic carbocycles. The maximum Gasteiger partial charge on any atom is 0.0827 e. The van der Waals surface area contributed by atoms with Crippen molar-refractivity contribution < 1.29 is 9.47 Å². The third kappa shape index (κ3) is 4.03. The normalized spacial score (nSPS) is 20.0. The predicted octanol–water partition coefficient (Wildman–Crippen LogP) is 2.83. The lowest BCUT2D eigenvalue weighted by Gasteiger charge is -2.26. The zero-order valence-corrected chi connectivity index (χ0v) is 11.8. The fraction of sp³-hybridized carbons (Fsp3) is 0.625. The molecule has 2 unspecified atom stereocenters. The average Bonchev–Trinajstić information content (AvgIpc) is 2.46. The van der Waals surface area contributed by atoms with Crippen LogP contribution in [0.25, 0.3) is 0 Å². The molecule has 0 aromatic heterocycles. The van der Waals surface area contributed by atoms with Gasteiger partial charge in [-0.3, -0.25) is 0 Å². The molecule has 0 amide bonds. The molecule has 0 radical (unpaired) electrons. The summed E-state index contributed by atoms with van der Waals surface area (Å²) in [6.45, 7) is 4.01. The first-order valence-corrected chi connectivity index (χ1v) is 7.36. The van der Waals surface area contributed by atoms with E-state index in [0.717, 1.165) is 19.4 Å². The van der Waals surface area contributed by atoms with E-state index in [-0.39, 0.29) is 12.2 Å². The molecule has 19 heavy (non-hydrogen) atoms. The van der Waals surface area contributed by atoms with E-state index in [0.29, 0.717) is 13.2 Å². The van der Waals surface area contributed by atoms with Crippen molar-refractivity contribution in [3.63, 3.8) is 0 Å². The lowest BCUT2D eigenvalue weighted by molar-refractivity contribution is -0.000851. The molecule has 0 aliphatic heterocycles. The van der Waals surface area contributed by atoms with Gasteiger partial charge in [0, 0.05) is 19.8 Å². The molecule has 2 rings (SSSR count). The molecule has 3 heteroatoms. The largest absolute Gasteiger partial charge is 0.377 e. The second-order valence-electron chi connectivity index (χ2n) is 5.05. The summed E-state index contributed by atoms with van der Waals surface area (Å²) in [5.74, 6) is 0. The molecule has 0 spiro atoms. The Bertz CT molecular complexity index is 381. The molecule has 3 nitrogen and oxygen atoms in total. The summed E-state index contributed by atoms with van der Waals surface area (Å²) in [5.41, 5.74) is 8.49. The highest BCUT2D eigenvalue weighted by Gasteiger charge is 2.20. The number of hydrogen-bond acceptors (Lipinski definition) is 3. The van der Waals surface area contributed by atoms with Crippen LogP contribution in [0, 0.1) is 0 Å². The van der Waals surface area contributed by atoms with Crippen molar-refractivity contribution >= 4 is 0 Å². The Morgan fingerprint density at radius 1 is 1.37 bits per heavy atom. The molecule has 0 saturated heterocycles. The van der Waals surface area contributed by atoms with Crippen LogP contribution in [0.15, 0.2) is 24.3 Å². The standard InChI is InChI=1S/C16H25NO2/c1-2-18-14(12-17)10-11-19-16-9-5-7-13-6-3-4-8-15(13)16/h3-4,6,8,14,16H,2,5,7,9-12,17H2,1H3. The Balaban J connectivity index is 1.84. The van der Waals surface area contributed by atoms with E-state index in [9.17, 15) is 0 Å². The maximum atomic E-state index is 6.05. The fourth-order valence-corrected chi connectivity index (χ4v) is 2.73. The number of fused-ring (bicyclic) bond motifs is 1. The van der Waals surface area contributed by atoms with E-state index in [1.54, 1.807) is 0 Å². The first kappa shape index (κ1) is 14.5. The van der Waals surface area contributed by atoms with E-state index in [1.807, 2.05) is 6.92 Å². The smallest absolute Gasteiger partial charge is 0.0827 e. The second kappa shape index (κ2) is 7.63. The highest BCUT2D eigenvalue weighted by molar-refractivity contribution is 5.31. The quantitative estimate of drug-likeness (QED) is 0.822. The first-order chi connectivity index (χ1) is 9.35. The van der Waals surface area contributed by atoms with Gasteiger partial charge in [-0.2, -0.15) is 0 Å². The summed E-state index contributed by atoms with van der Waals surface area (Å²) < 4.78 is 11.6. The Morgan fingerprint density at radius 3 is 3.00 bits per heavy atom. The van der Waals surface area contributed by atoms with Gasteiger partial charge in [0.1, 0.15) is 0 Å². The third-order valence-electron chi connectivity index (χ3n) is 3.74. The number of ether oxygens (including phenoxy) is 2. The van der Waals surface area contributed by atoms with Crippen LogP contribution in [0.4, 0.5) is 0 Å². The third-order valence-corrected chi connectivity index (χ3v) is 3.74. The van der Waals surface area contributed by atoms with Gasteiger partial charge in [-0.25, -0.2) is 0 Å². The molecule has 1 aliphatic rings. The summed E-state index contributed by atoms with van der Waals surface area (Å²) in [6, 6.07) is 8.63. The van der Waals surface area contributed by atoms with Gasteiger partial charge >= 0.3 is 0 Å². The summed E-state index contributed by atoms with van der Waals surface area (Å²) in [7, 11) is 0. The molecule has 0 heterocycles. The lowest BCUT2D eigenvalue weighted by atomic mass is 9.89. The zero-order valence-electron chi connectivity index (χ0n) is 11.8. The molecule has 0 bridgehead atoms. The van der Waals surface area contributed by atoms with E-state index < -0.39 is 0 Å². The number of rotatable bonds is 7. The van der Waals surface area contributed by atoms with E-state index in [1.165, 1.54) is 24.0 Å². The molecular weight excluding hydrogens is 238 g/mol. The number of nitrogens with two attached hydrogens (primary N) is 1. The van der Waals surface area contributed by atoms with Gasteiger partial charge < -0.3 is 15.2 Å². The summed E-state index contributed by atoms with van der Waals surface area (Å²) in [5, 5.41) is 0.